The molecule has 0 saturated heterocycles. The van der Waals surface area contributed by atoms with Crippen LogP contribution in [0.2, 0.25) is 5.02 Å². The minimum atomic E-state index is -1.39. The smallest absolute Gasteiger partial charge is 0.271 e. The van der Waals surface area contributed by atoms with Crippen LogP contribution in [0.3, 0.4) is 0 Å². The molecule has 1 fully saturated rings. The normalized spacial score (nSPS) is 23.4. The molecule has 0 radical (unpaired) electrons. The lowest BCUT2D eigenvalue weighted by Crippen LogP contribution is -2.64. The highest BCUT2D eigenvalue weighted by Crippen LogP contribution is 2.34. The summed E-state index contributed by atoms with van der Waals surface area (Å²) in [4.78, 5) is 30.5. The first kappa shape index (κ1) is 23.5. The molecule has 3 atom stereocenters. The Hall–Kier alpha value is -1.68. The summed E-state index contributed by atoms with van der Waals surface area (Å²) in [5.74, 6) is -0.108. The summed E-state index contributed by atoms with van der Waals surface area (Å²) in [6.07, 6.45) is 8.59. The van der Waals surface area contributed by atoms with E-state index in [1.54, 1.807) is 36.6 Å². The minimum Gasteiger partial charge on any atom is -0.351 e. The second kappa shape index (κ2) is 9.29. The van der Waals surface area contributed by atoms with Crippen molar-refractivity contribution in [3.05, 3.63) is 63.0 Å². The fraction of sp³-hybridized carbons (Fsp3) is 0.333. The van der Waals surface area contributed by atoms with Crippen molar-refractivity contribution in [3.63, 3.8) is 0 Å². The van der Waals surface area contributed by atoms with Crippen molar-refractivity contribution in [2.24, 2.45) is 5.92 Å². The first-order valence-electron chi connectivity index (χ1n) is 9.92. The van der Waals surface area contributed by atoms with Crippen LogP contribution in [0, 0.1) is 5.92 Å². The van der Waals surface area contributed by atoms with Crippen molar-refractivity contribution in [2.75, 3.05) is 0 Å². The number of carbonyl (C=O) groups excluding carboxylic acids is 2. The number of hydrogen-bond donors (Lipinski definition) is 2. The molecule has 4 rings (SSSR count). The second-order valence-corrected chi connectivity index (χ2v) is 10.4. The van der Waals surface area contributed by atoms with E-state index < -0.39 is 16.3 Å². The van der Waals surface area contributed by atoms with Gasteiger partial charge >= 0.3 is 0 Å². The third kappa shape index (κ3) is 4.66. The van der Waals surface area contributed by atoms with Crippen LogP contribution in [0.15, 0.2) is 52.3 Å². The van der Waals surface area contributed by atoms with E-state index in [1.807, 2.05) is 6.92 Å². The summed E-state index contributed by atoms with van der Waals surface area (Å²) in [6, 6.07) is 4.87. The van der Waals surface area contributed by atoms with Crippen LogP contribution in [-0.2, 0) is 4.79 Å². The maximum atomic E-state index is 13.4. The number of rotatable bonds is 6. The van der Waals surface area contributed by atoms with Crippen LogP contribution < -0.4 is 10.6 Å². The van der Waals surface area contributed by atoms with Gasteiger partial charge < -0.3 is 10.6 Å². The third-order valence-corrected chi connectivity index (χ3v) is 7.40. The molecule has 2 amide bonds. The van der Waals surface area contributed by atoms with E-state index in [0.717, 1.165) is 12.8 Å². The Morgan fingerprint density at radius 1 is 1.34 bits per heavy atom. The molecule has 2 aliphatic rings. The van der Waals surface area contributed by atoms with Gasteiger partial charge in [0.05, 0.1) is 9.85 Å². The van der Waals surface area contributed by atoms with E-state index in [4.69, 9.17) is 23.2 Å². The van der Waals surface area contributed by atoms with Crippen molar-refractivity contribution in [1.29, 1.82) is 0 Å². The molecule has 0 spiro atoms. The molecular weight excluding hydrogens is 585 g/mol. The van der Waals surface area contributed by atoms with Gasteiger partial charge in [-0.3, -0.25) is 9.59 Å². The maximum absolute atomic E-state index is 13.4. The molecule has 11 heteroatoms. The maximum Gasteiger partial charge on any atom is 0.271 e. The van der Waals surface area contributed by atoms with Gasteiger partial charge in [-0.25, -0.2) is 9.67 Å². The van der Waals surface area contributed by atoms with Crippen LogP contribution in [0.4, 0.5) is 0 Å². The van der Waals surface area contributed by atoms with Crippen LogP contribution in [0.25, 0.3) is 5.82 Å². The molecule has 0 bridgehead atoms. The lowest BCUT2D eigenvalue weighted by Gasteiger charge is -2.36. The zero-order valence-electron chi connectivity index (χ0n) is 16.9. The summed E-state index contributed by atoms with van der Waals surface area (Å²) in [6.45, 7) is 1.97. The van der Waals surface area contributed by atoms with Crippen LogP contribution in [-0.4, -0.2) is 43.0 Å². The molecule has 0 aromatic carbocycles. The average molecular weight is 604 g/mol. The first-order chi connectivity index (χ1) is 15.2. The molecule has 168 valence electrons. The monoisotopic (exact) mass is 601 g/mol. The highest BCUT2D eigenvalue weighted by Gasteiger charge is 2.46. The molecule has 2 N–H and O–H groups in total. The molecule has 0 aliphatic heterocycles. The number of nitrogens with zero attached hydrogens (tertiary/aromatic N) is 3. The van der Waals surface area contributed by atoms with Crippen molar-refractivity contribution in [2.45, 2.75) is 36.2 Å². The van der Waals surface area contributed by atoms with Crippen LogP contribution in [0.5, 0.6) is 0 Å². The van der Waals surface area contributed by atoms with Crippen molar-refractivity contribution >= 4 is 66.9 Å². The van der Waals surface area contributed by atoms with Gasteiger partial charge in [0, 0.05) is 23.3 Å². The number of hydrogen-bond acceptors (Lipinski definition) is 4. The SMILES string of the molecule is CC(NC(=O)C1(NC(=O)c2cc(Br)nn2-c2ncccc2Cl)C=CC(Cl)=CC1Br)C1CC1. The van der Waals surface area contributed by atoms with E-state index in [9.17, 15) is 9.59 Å². The molecule has 1 saturated carbocycles. The predicted molar refractivity (Wildman–Crippen MR) is 130 cm³/mol. The lowest BCUT2D eigenvalue weighted by molar-refractivity contribution is -0.126. The quantitative estimate of drug-likeness (QED) is 0.475. The van der Waals surface area contributed by atoms with Gasteiger partial charge in [0.1, 0.15) is 10.3 Å². The zero-order valence-corrected chi connectivity index (χ0v) is 21.5. The van der Waals surface area contributed by atoms with E-state index in [1.165, 1.54) is 10.7 Å². The first-order valence-corrected chi connectivity index (χ1v) is 12.4. The summed E-state index contributed by atoms with van der Waals surface area (Å²) in [5, 5.41) is 11.0. The Morgan fingerprint density at radius 2 is 2.09 bits per heavy atom. The molecule has 3 unspecified atom stereocenters. The van der Waals surface area contributed by atoms with E-state index in [0.29, 0.717) is 26.4 Å². The fourth-order valence-electron chi connectivity index (χ4n) is 3.50. The standard InChI is InChI=1S/C21H19Br2Cl2N5O2/c1-11(12-4-5-12)27-20(32)21(7-6-13(24)9-16(21)22)28-19(31)15-10-17(23)29-30(15)18-14(25)3-2-8-26-18/h2-3,6-12,16H,4-5H2,1H3,(H,27,32)(H,28,31). The number of nitrogens with one attached hydrogen (secondary N) is 2. The highest BCUT2D eigenvalue weighted by atomic mass is 79.9. The number of halogens is 4. The molecule has 2 aliphatic carbocycles. The average Bonchev–Trinajstić information content (AvgIpc) is 3.52. The van der Waals surface area contributed by atoms with Gasteiger partial charge in [-0.05, 0) is 72.0 Å². The zero-order chi connectivity index (χ0) is 23.0. The van der Waals surface area contributed by atoms with Crippen LogP contribution in [0.1, 0.15) is 30.3 Å². The minimum absolute atomic E-state index is 0.00208. The van der Waals surface area contributed by atoms with Crippen molar-refractivity contribution < 1.29 is 9.59 Å². The van der Waals surface area contributed by atoms with Gasteiger partial charge in [0.15, 0.2) is 11.4 Å². The molecule has 7 nitrogen and oxygen atoms in total. The van der Waals surface area contributed by atoms with E-state index in [-0.39, 0.29) is 17.6 Å². The molecule has 2 heterocycles. The Kier molecular flexibility index (Phi) is 6.81. The number of alkyl halides is 1. The third-order valence-electron chi connectivity index (χ3n) is 5.48. The van der Waals surface area contributed by atoms with Gasteiger partial charge in [-0.1, -0.05) is 39.1 Å². The van der Waals surface area contributed by atoms with Crippen molar-refractivity contribution in [3.8, 4) is 5.82 Å². The Labute approximate surface area is 211 Å². The molecule has 2 aromatic rings. The molecule has 32 heavy (non-hydrogen) atoms. The van der Waals surface area contributed by atoms with Gasteiger partial charge in [0.2, 0.25) is 0 Å². The van der Waals surface area contributed by atoms with Gasteiger partial charge in [-0.15, -0.1) is 0 Å². The van der Waals surface area contributed by atoms with E-state index in [2.05, 4.69) is 52.6 Å². The Balaban J connectivity index is 1.68. The second-order valence-electron chi connectivity index (χ2n) is 7.78. The fourth-order valence-corrected chi connectivity index (χ4v) is 5.18. The lowest BCUT2D eigenvalue weighted by atomic mass is 9.89. The molecular formula is C21H19Br2Cl2N5O2. The Bertz CT molecular complexity index is 1130. The largest absolute Gasteiger partial charge is 0.351 e. The number of aromatic nitrogens is 3. The van der Waals surface area contributed by atoms with Crippen molar-refractivity contribution in [1.82, 2.24) is 25.4 Å². The Morgan fingerprint density at radius 3 is 2.75 bits per heavy atom. The van der Waals surface area contributed by atoms with Crippen LogP contribution >= 0.6 is 55.1 Å². The summed E-state index contributed by atoms with van der Waals surface area (Å²) >= 11 is 19.2. The number of carbonyl (C=O) groups is 2. The van der Waals surface area contributed by atoms with Gasteiger partial charge in [-0.2, -0.15) is 5.10 Å². The predicted octanol–water partition coefficient (Wildman–Crippen LogP) is 4.52. The van der Waals surface area contributed by atoms with E-state index >= 15 is 0 Å². The number of amides is 2. The number of allylic oxidation sites excluding steroid dienone is 2. The summed E-state index contributed by atoms with van der Waals surface area (Å²) in [5.41, 5.74) is -1.23. The topological polar surface area (TPSA) is 88.9 Å². The number of pyridine rings is 1. The summed E-state index contributed by atoms with van der Waals surface area (Å²) in [7, 11) is 0. The summed E-state index contributed by atoms with van der Waals surface area (Å²) < 4.78 is 1.75. The molecule has 2 aromatic heterocycles. The highest BCUT2D eigenvalue weighted by molar-refractivity contribution is 9.10. The van der Waals surface area contributed by atoms with Gasteiger partial charge in [0.25, 0.3) is 11.8 Å².